The summed E-state index contributed by atoms with van der Waals surface area (Å²) in [6, 6.07) is 8.35. The maximum absolute atomic E-state index is 5.57. The number of ether oxygens (including phenoxy) is 1. The molecule has 100 valence electrons. The van der Waals surface area contributed by atoms with E-state index in [-0.39, 0.29) is 0 Å². The summed E-state index contributed by atoms with van der Waals surface area (Å²) >= 11 is 0. The van der Waals surface area contributed by atoms with E-state index in [1.807, 2.05) is 12.1 Å². The average molecular weight is 247 g/mol. The number of allylic oxidation sites excluding steroid dienone is 1. The number of nitrogens with one attached hydrogen (secondary N) is 1. The molecule has 2 heteroatoms. The molecule has 0 saturated heterocycles. The van der Waals surface area contributed by atoms with Crippen LogP contribution in [0.4, 0.5) is 0 Å². The highest BCUT2D eigenvalue weighted by atomic mass is 16.5. The molecule has 0 aliphatic carbocycles. The smallest absolute Gasteiger partial charge is 0.119 e. The molecule has 0 amide bonds. The minimum Gasteiger partial charge on any atom is -0.494 e. The van der Waals surface area contributed by atoms with Crippen LogP contribution in [-0.2, 0) is 0 Å². The summed E-state index contributed by atoms with van der Waals surface area (Å²) in [4.78, 5) is 0. The van der Waals surface area contributed by atoms with Gasteiger partial charge in [-0.1, -0.05) is 32.1 Å². The van der Waals surface area contributed by atoms with Gasteiger partial charge < -0.3 is 10.1 Å². The zero-order valence-corrected chi connectivity index (χ0v) is 11.8. The Morgan fingerprint density at radius 2 is 1.94 bits per heavy atom. The van der Waals surface area contributed by atoms with Crippen molar-refractivity contribution in [3.63, 3.8) is 0 Å². The van der Waals surface area contributed by atoms with E-state index < -0.39 is 0 Å². The zero-order chi connectivity index (χ0) is 13.2. The second-order valence-corrected chi connectivity index (χ2v) is 4.40. The van der Waals surface area contributed by atoms with Crippen molar-refractivity contribution in [2.45, 2.75) is 33.6 Å². The quantitative estimate of drug-likeness (QED) is 0.704. The van der Waals surface area contributed by atoms with Crippen LogP contribution >= 0.6 is 0 Å². The van der Waals surface area contributed by atoms with E-state index in [9.17, 15) is 0 Å². The van der Waals surface area contributed by atoms with Crippen LogP contribution in [0.1, 0.15) is 39.2 Å². The number of benzene rings is 1. The van der Waals surface area contributed by atoms with E-state index in [4.69, 9.17) is 4.74 Å². The van der Waals surface area contributed by atoms with E-state index in [0.29, 0.717) is 0 Å². The van der Waals surface area contributed by atoms with Crippen LogP contribution in [0.2, 0.25) is 0 Å². The van der Waals surface area contributed by atoms with Crippen molar-refractivity contribution in [2.75, 3.05) is 19.7 Å². The second kappa shape index (κ2) is 8.76. The third-order valence-corrected chi connectivity index (χ3v) is 2.80. The summed E-state index contributed by atoms with van der Waals surface area (Å²) in [6.07, 6.45) is 4.41. The van der Waals surface area contributed by atoms with Crippen molar-refractivity contribution >= 4 is 5.57 Å². The molecule has 0 aliphatic rings. The van der Waals surface area contributed by atoms with Crippen molar-refractivity contribution in [1.29, 1.82) is 0 Å². The molecule has 18 heavy (non-hydrogen) atoms. The normalized spacial score (nSPS) is 11.6. The molecule has 0 aromatic heterocycles. The molecule has 0 saturated carbocycles. The van der Waals surface area contributed by atoms with Gasteiger partial charge in [-0.2, -0.15) is 0 Å². The van der Waals surface area contributed by atoms with Gasteiger partial charge in [0.2, 0.25) is 0 Å². The van der Waals surface area contributed by atoms with Gasteiger partial charge in [0.1, 0.15) is 5.75 Å². The molecule has 0 aliphatic heterocycles. The highest BCUT2D eigenvalue weighted by Crippen LogP contribution is 2.18. The van der Waals surface area contributed by atoms with Gasteiger partial charge in [0.15, 0.2) is 0 Å². The third kappa shape index (κ3) is 5.37. The van der Waals surface area contributed by atoms with Crippen LogP contribution in [-0.4, -0.2) is 19.7 Å². The first-order valence-corrected chi connectivity index (χ1v) is 6.88. The average Bonchev–Trinajstić information content (AvgIpc) is 2.41. The van der Waals surface area contributed by atoms with Crippen LogP contribution in [0.5, 0.6) is 5.75 Å². The fourth-order valence-electron chi connectivity index (χ4n) is 1.72. The van der Waals surface area contributed by atoms with Gasteiger partial charge in [-0.25, -0.2) is 0 Å². The van der Waals surface area contributed by atoms with Crippen molar-refractivity contribution in [3.05, 3.63) is 35.9 Å². The van der Waals surface area contributed by atoms with E-state index in [0.717, 1.165) is 38.3 Å². The Kier molecular flexibility index (Phi) is 7.19. The Labute approximate surface area is 111 Å². The lowest BCUT2D eigenvalue weighted by Gasteiger charge is -2.06. The van der Waals surface area contributed by atoms with Crippen LogP contribution < -0.4 is 10.1 Å². The lowest BCUT2D eigenvalue weighted by Crippen LogP contribution is -2.13. The standard InChI is InChI=1S/C16H25NO/c1-4-13-18-16-10-8-15(9-11-16)14(3)7-6-12-17-5-2/h7-11,17H,4-6,12-13H2,1-3H3. The Morgan fingerprint density at radius 1 is 1.22 bits per heavy atom. The monoisotopic (exact) mass is 247 g/mol. The van der Waals surface area contributed by atoms with Gasteiger partial charge in [0.05, 0.1) is 6.61 Å². The lowest BCUT2D eigenvalue weighted by molar-refractivity contribution is 0.317. The second-order valence-electron chi connectivity index (χ2n) is 4.40. The molecule has 1 aromatic rings. The number of hydrogen-bond donors (Lipinski definition) is 1. The Morgan fingerprint density at radius 3 is 2.56 bits per heavy atom. The van der Waals surface area contributed by atoms with E-state index in [1.54, 1.807) is 0 Å². The Balaban J connectivity index is 2.50. The highest BCUT2D eigenvalue weighted by molar-refractivity contribution is 5.64. The number of rotatable bonds is 8. The largest absolute Gasteiger partial charge is 0.494 e. The summed E-state index contributed by atoms with van der Waals surface area (Å²) in [5, 5.41) is 3.32. The predicted octanol–water partition coefficient (Wildman–Crippen LogP) is 3.88. The molecule has 0 unspecified atom stereocenters. The molecule has 0 heterocycles. The molecule has 0 atom stereocenters. The van der Waals surface area contributed by atoms with Crippen molar-refractivity contribution in [2.24, 2.45) is 0 Å². The molecule has 2 nitrogen and oxygen atoms in total. The first kappa shape index (κ1) is 14.8. The molecule has 0 radical (unpaired) electrons. The van der Waals surface area contributed by atoms with Crippen molar-refractivity contribution in [1.82, 2.24) is 5.32 Å². The summed E-state index contributed by atoms with van der Waals surface area (Å²) in [5.74, 6) is 0.959. The van der Waals surface area contributed by atoms with E-state index in [1.165, 1.54) is 11.1 Å². The van der Waals surface area contributed by atoms with Crippen LogP contribution in [0.3, 0.4) is 0 Å². The topological polar surface area (TPSA) is 21.3 Å². The summed E-state index contributed by atoms with van der Waals surface area (Å²) in [7, 11) is 0. The number of hydrogen-bond acceptors (Lipinski definition) is 2. The molecule has 0 bridgehead atoms. The molecule has 0 spiro atoms. The minimum absolute atomic E-state index is 0.789. The lowest BCUT2D eigenvalue weighted by atomic mass is 10.1. The maximum Gasteiger partial charge on any atom is 0.119 e. The van der Waals surface area contributed by atoms with Crippen molar-refractivity contribution in [3.8, 4) is 5.75 Å². The van der Waals surface area contributed by atoms with Gasteiger partial charge in [-0.3, -0.25) is 0 Å². The first-order chi connectivity index (χ1) is 8.77. The van der Waals surface area contributed by atoms with E-state index in [2.05, 4.69) is 44.3 Å². The SMILES string of the molecule is CCCOc1ccc(C(C)=CCCNCC)cc1. The fourth-order valence-corrected chi connectivity index (χ4v) is 1.72. The van der Waals surface area contributed by atoms with E-state index >= 15 is 0 Å². The van der Waals surface area contributed by atoms with Gasteiger partial charge in [0.25, 0.3) is 0 Å². The minimum atomic E-state index is 0.789. The van der Waals surface area contributed by atoms with Crippen LogP contribution in [0.25, 0.3) is 5.57 Å². The summed E-state index contributed by atoms with van der Waals surface area (Å²) in [6.45, 7) is 9.28. The predicted molar refractivity (Wildman–Crippen MR) is 79.0 cm³/mol. The molecular weight excluding hydrogens is 222 g/mol. The molecule has 1 N–H and O–H groups in total. The highest BCUT2D eigenvalue weighted by Gasteiger charge is 1.97. The third-order valence-electron chi connectivity index (χ3n) is 2.80. The summed E-state index contributed by atoms with van der Waals surface area (Å²) in [5.41, 5.74) is 2.60. The maximum atomic E-state index is 5.57. The van der Waals surface area contributed by atoms with Crippen molar-refractivity contribution < 1.29 is 4.74 Å². The molecular formula is C16H25NO. The Bertz CT molecular complexity index is 354. The summed E-state index contributed by atoms with van der Waals surface area (Å²) < 4.78 is 5.57. The molecule has 0 fully saturated rings. The van der Waals surface area contributed by atoms with Gasteiger partial charge in [-0.05, 0) is 56.1 Å². The van der Waals surface area contributed by atoms with Gasteiger partial charge in [0, 0.05) is 0 Å². The zero-order valence-electron chi connectivity index (χ0n) is 11.8. The molecule has 1 aromatic carbocycles. The van der Waals surface area contributed by atoms with Crippen LogP contribution in [0.15, 0.2) is 30.3 Å². The Hall–Kier alpha value is -1.28. The first-order valence-electron chi connectivity index (χ1n) is 6.88. The van der Waals surface area contributed by atoms with Gasteiger partial charge >= 0.3 is 0 Å². The molecule has 1 rings (SSSR count). The van der Waals surface area contributed by atoms with Crippen LogP contribution in [0, 0.1) is 0 Å². The fraction of sp³-hybridized carbons (Fsp3) is 0.500. The van der Waals surface area contributed by atoms with Gasteiger partial charge in [-0.15, -0.1) is 0 Å².